The van der Waals surface area contributed by atoms with Gasteiger partial charge in [-0.05, 0) is 51.4 Å². The maximum Gasteiger partial charge on any atom is 0.222 e. The molecule has 0 aromatic heterocycles. The maximum absolute atomic E-state index is 12.3. The van der Waals surface area contributed by atoms with Crippen LogP contribution in [0.5, 0.6) is 0 Å². The largest absolute Gasteiger partial charge is 0.341 e. The lowest BCUT2D eigenvalue weighted by atomic mass is 9.93. The van der Waals surface area contributed by atoms with Gasteiger partial charge in [-0.25, -0.2) is 0 Å². The second-order valence-electron chi connectivity index (χ2n) is 6.19. The van der Waals surface area contributed by atoms with E-state index in [9.17, 15) is 4.79 Å². The van der Waals surface area contributed by atoms with Crippen LogP contribution < -0.4 is 0 Å². The number of aryl methyl sites for hydroxylation is 1. The van der Waals surface area contributed by atoms with Gasteiger partial charge in [0.25, 0.3) is 0 Å². The van der Waals surface area contributed by atoms with Crippen LogP contribution >= 0.6 is 0 Å². The molecule has 0 aliphatic carbocycles. The van der Waals surface area contributed by atoms with Crippen LogP contribution in [-0.2, 0) is 11.3 Å². The van der Waals surface area contributed by atoms with Crippen LogP contribution in [0, 0.1) is 12.8 Å². The fourth-order valence-corrected chi connectivity index (χ4v) is 2.72. The molecule has 0 unspecified atom stereocenters. The molecule has 1 heterocycles. The molecular weight excluding hydrogens is 248 g/mol. The van der Waals surface area contributed by atoms with Crippen molar-refractivity contribution >= 4 is 5.91 Å². The van der Waals surface area contributed by atoms with Crippen LogP contribution in [0.2, 0.25) is 0 Å². The number of amides is 1. The minimum atomic E-state index is 0.278. The zero-order valence-electron chi connectivity index (χ0n) is 12.9. The van der Waals surface area contributed by atoms with Gasteiger partial charge in [0.1, 0.15) is 0 Å². The molecule has 1 saturated heterocycles. The highest BCUT2D eigenvalue weighted by atomic mass is 16.2. The predicted octanol–water partition coefficient (Wildman–Crippen LogP) is 2.69. The molecule has 0 N–H and O–H groups in total. The van der Waals surface area contributed by atoms with Crippen LogP contribution in [0.25, 0.3) is 0 Å². The quantitative estimate of drug-likeness (QED) is 0.843. The minimum Gasteiger partial charge on any atom is -0.341 e. The number of benzene rings is 1. The van der Waals surface area contributed by atoms with Gasteiger partial charge in [-0.2, -0.15) is 0 Å². The van der Waals surface area contributed by atoms with E-state index in [2.05, 4.69) is 43.1 Å². The molecule has 0 radical (unpaired) electrons. The number of hydrogen-bond donors (Lipinski definition) is 0. The van der Waals surface area contributed by atoms with Crippen LogP contribution in [0.3, 0.4) is 0 Å². The van der Waals surface area contributed by atoms with Gasteiger partial charge < -0.3 is 9.80 Å². The lowest BCUT2D eigenvalue weighted by Gasteiger charge is -2.29. The normalized spacial score (nSPS) is 17.1. The molecule has 3 heteroatoms. The number of piperidine rings is 1. The smallest absolute Gasteiger partial charge is 0.222 e. The van der Waals surface area contributed by atoms with Crippen molar-refractivity contribution in [1.29, 1.82) is 0 Å². The van der Waals surface area contributed by atoms with E-state index in [4.69, 9.17) is 0 Å². The number of nitrogens with zero attached hydrogens (tertiary/aromatic N) is 2. The van der Waals surface area contributed by atoms with E-state index in [1.807, 2.05) is 11.9 Å². The number of rotatable bonds is 4. The summed E-state index contributed by atoms with van der Waals surface area (Å²) >= 11 is 0. The maximum atomic E-state index is 12.3. The molecule has 1 aromatic carbocycles. The highest BCUT2D eigenvalue weighted by Gasteiger charge is 2.21. The number of likely N-dealkylation sites (tertiary alicyclic amines) is 1. The topological polar surface area (TPSA) is 23.6 Å². The van der Waals surface area contributed by atoms with E-state index in [1.165, 1.54) is 11.1 Å². The highest BCUT2D eigenvalue weighted by molar-refractivity contribution is 5.76. The van der Waals surface area contributed by atoms with Crippen LogP contribution in [-0.4, -0.2) is 42.9 Å². The van der Waals surface area contributed by atoms with E-state index in [0.717, 1.165) is 25.9 Å². The first-order valence-corrected chi connectivity index (χ1v) is 7.52. The average molecular weight is 274 g/mol. The minimum absolute atomic E-state index is 0.278. The molecular formula is C17H26N2O. The summed E-state index contributed by atoms with van der Waals surface area (Å²) in [6, 6.07) is 8.42. The Morgan fingerprint density at radius 1 is 1.25 bits per heavy atom. The Morgan fingerprint density at radius 3 is 2.45 bits per heavy atom. The Kier molecular flexibility index (Phi) is 5.18. The predicted molar refractivity (Wildman–Crippen MR) is 82.5 cm³/mol. The van der Waals surface area contributed by atoms with Crippen molar-refractivity contribution in [2.24, 2.45) is 5.92 Å². The lowest BCUT2D eigenvalue weighted by Crippen LogP contribution is -2.34. The summed E-state index contributed by atoms with van der Waals surface area (Å²) in [5.41, 5.74) is 2.46. The first kappa shape index (κ1) is 15.0. The fraction of sp³-hybridized carbons (Fsp3) is 0.588. The molecule has 0 atom stereocenters. The standard InChI is InChI=1S/C17H26N2O/c1-14-4-6-16(7-5-14)13-19(3)17(20)12-15-8-10-18(2)11-9-15/h4-7,15H,8-13H2,1-3H3. The molecule has 0 bridgehead atoms. The van der Waals surface area contributed by atoms with Gasteiger partial charge in [0.05, 0.1) is 0 Å². The summed E-state index contributed by atoms with van der Waals surface area (Å²) < 4.78 is 0. The molecule has 1 aromatic rings. The van der Waals surface area contributed by atoms with E-state index in [1.54, 1.807) is 0 Å². The van der Waals surface area contributed by atoms with Gasteiger partial charge in [-0.15, -0.1) is 0 Å². The highest BCUT2D eigenvalue weighted by Crippen LogP contribution is 2.20. The van der Waals surface area contributed by atoms with E-state index < -0.39 is 0 Å². The fourth-order valence-electron chi connectivity index (χ4n) is 2.72. The Morgan fingerprint density at radius 2 is 1.85 bits per heavy atom. The second kappa shape index (κ2) is 6.89. The van der Waals surface area contributed by atoms with Crippen molar-refractivity contribution in [3.05, 3.63) is 35.4 Å². The third kappa shape index (κ3) is 4.34. The summed E-state index contributed by atoms with van der Waals surface area (Å²) in [4.78, 5) is 16.5. The van der Waals surface area contributed by atoms with Gasteiger partial charge in [-0.3, -0.25) is 4.79 Å². The van der Waals surface area contributed by atoms with Crippen molar-refractivity contribution in [2.75, 3.05) is 27.2 Å². The molecule has 1 aliphatic rings. The molecule has 1 aliphatic heterocycles. The molecule has 1 fully saturated rings. The SMILES string of the molecule is Cc1ccc(CN(C)C(=O)CC2CCN(C)CC2)cc1. The number of hydrogen-bond acceptors (Lipinski definition) is 2. The summed E-state index contributed by atoms with van der Waals surface area (Å²) in [5.74, 6) is 0.847. The number of carbonyl (C=O) groups is 1. The summed E-state index contributed by atoms with van der Waals surface area (Å²) in [6.07, 6.45) is 3.01. The van der Waals surface area contributed by atoms with Gasteiger partial charge in [0.15, 0.2) is 0 Å². The van der Waals surface area contributed by atoms with Crippen LogP contribution in [0.4, 0.5) is 0 Å². The molecule has 0 saturated carbocycles. The summed E-state index contributed by atoms with van der Waals surface area (Å²) in [6.45, 7) is 5.05. The van der Waals surface area contributed by atoms with Gasteiger partial charge in [-0.1, -0.05) is 29.8 Å². The van der Waals surface area contributed by atoms with Crippen molar-refractivity contribution in [3.8, 4) is 0 Å². The second-order valence-corrected chi connectivity index (χ2v) is 6.19. The summed E-state index contributed by atoms with van der Waals surface area (Å²) in [7, 11) is 4.07. The monoisotopic (exact) mass is 274 g/mol. The average Bonchev–Trinajstić information content (AvgIpc) is 2.44. The Bertz CT molecular complexity index is 433. The Hall–Kier alpha value is -1.35. The molecule has 0 spiro atoms. The molecule has 3 nitrogen and oxygen atoms in total. The molecule has 1 amide bonds. The van der Waals surface area contributed by atoms with Crippen LogP contribution in [0.1, 0.15) is 30.4 Å². The third-order valence-corrected chi connectivity index (χ3v) is 4.27. The molecule has 2 rings (SSSR count). The third-order valence-electron chi connectivity index (χ3n) is 4.27. The molecule has 20 heavy (non-hydrogen) atoms. The van der Waals surface area contributed by atoms with Gasteiger partial charge in [0.2, 0.25) is 5.91 Å². The van der Waals surface area contributed by atoms with E-state index >= 15 is 0 Å². The van der Waals surface area contributed by atoms with Crippen molar-refractivity contribution in [1.82, 2.24) is 9.80 Å². The summed E-state index contributed by atoms with van der Waals surface area (Å²) in [5, 5.41) is 0. The van der Waals surface area contributed by atoms with Crippen molar-refractivity contribution in [3.63, 3.8) is 0 Å². The van der Waals surface area contributed by atoms with E-state index in [-0.39, 0.29) is 5.91 Å². The Balaban J connectivity index is 1.81. The van der Waals surface area contributed by atoms with Crippen molar-refractivity contribution in [2.45, 2.75) is 32.7 Å². The van der Waals surface area contributed by atoms with Gasteiger partial charge >= 0.3 is 0 Å². The molecule has 110 valence electrons. The van der Waals surface area contributed by atoms with Gasteiger partial charge in [0, 0.05) is 20.0 Å². The lowest BCUT2D eigenvalue weighted by molar-refractivity contribution is -0.131. The van der Waals surface area contributed by atoms with Crippen molar-refractivity contribution < 1.29 is 4.79 Å². The zero-order chi connectivity index (χ0) is 14.5. The Labute approximate surface area is 122 Å². The number of carbonyl (C=O) groups excluding carboxylic acids is 1. The zero-order valence-corrected chi connectivity index (χ0v) is 12.9. The van der Waals surface area contributed by atoms with Crippen LogP contribution in [0.15, 0.2) is 24.3 Å². The first-order valence-electron chi connectivity index (χ1n) is 7.52. The first-order chi connectivity index (χ1) is 9.54. The van der Waals surface area contributed by atoms with E-state index in [0.29, 0.717) is 18.9 Å².